The Kier molecular flexibility index (Phi) is 2.58. The van der Waals surface area contributed by atoms with Crippen molar-refractivity contribution in [1.29, 1.82) is 0 Å². The van der Waals surface area contributed by atoms with E-state index >= 15 is 0 Å². The van der Waals surface area contributed by atoms with E-state index in [1.807, 2.05) is 0 Å². The van der Waals surface area contributed by atoms with Gasteiger partial charge in [0.2, 0.25) is 0 Å². The lowest BCUT2D eigenvalue weighted by atomic mass is 10.2. The zero-order chi connectivity index (χ0) is 9.97. The van der Waals surface area contributed by atoms with E-state index in [1.54, 1.807) is 4.68 Å². The lowest BCUT2D eigenvalue weighted by molar-refractivity contribution is 0.111. The Morgan fingerprint density at radius 2 is 2.36 bits per heavy atom. The maximum atomic E-state index is 10.7. The lowest BCUT2D eigenvalue weighted by Crippen LogP contribution is -2.09. The number of hydrogen-bond acceptors (Lipinski definition) is 4. The molecule has 14 heavy (non-hydrogen) atoms. The number of aliphatic hydroxyl groups excluding tert-OH is 1. The van der Waals surface area contributed by atoms with Gasteiger partial charge in [-0.15, -0.1) is 5.10 Å². The van der Waals surface area contributed by atoms with E-state index in [4.69, 9.17) is 5.11 Å². The van der Waals surface area contributed by atoms with E-state index in [1.165, 1.54) is 12.8 Å². The Bertz CT molecular complexity index is 331. The van der Waals surface area contributed by atoms with Gasteiger partial charge < -0.3 is 5.11 Å². The van der Waals surface area contributed by atoms with E-state index in [9.17, 15) is 4.79 Å². The summed E-state index contributed by atoms with van der Waals surface area (Å²) in [4.78, 5) is 10.7. The number of rotatable bonds is 5. The van der Waals surface area contributed by atoms with Crippen LogP contribution in [-0.4, -0.2) is 33.0 Å². The first kappa shape index (κ1) is 9.33. The highest BCUT2D eigenvalue weighted by atomic mass is 16.3. The number of carbonyl (C=O) groups excluding carboxylic acids is 1. The third-order valence-corrected chi connectivity index (χ3v) is 2.47. The molecule has 1 aromatic heterocycles. The maximum Gasteiger partial charge on any atom is 0.172 e. The maximum absolute atomic E-state index is 10.7. The largest absolute Gasteiger partial charge is 0.394 e. The lowest BCUT2D eigenvalue weighted by Gasteiger charge is -2.03. The van der Waals surface area contributed by atoms with Crippen LogP contribution in [0.4, 0.5) is 0 Å². The quantitative estimate of drug-likeness (QED) is 0.673. The molecule has 0 saturated heterocycles. The Morgan fingerprint density at radius 1 is 1.57 bits per heavy atom. The average Bonchev–Trinajstić information content (AvgIpc) is 2.91. The molecule has 5 nitrogen and oxygen atoms in total. The molecule has 0 aliphatic heterocycles. The van der Waals surface area contributed by atoms with Crippen molar-refractivity contribution in [2.45, 2.75) is 25.8 Å². The molecule has 1 aliphatic rings. The molecule has 0 radical (unpaired) electrons. The van der Waals surface area contributed by atoms with E-state index < -0.39 is 0 Å². The molecule has 1 fully saturated rings. The molecule has 0 amide bonds. The molecule has 1 saturated carbocycles. The first-order chi connectivity index (χ1) is 6.85. The molecule has 0 bridgehead atoms. The smallest absolute Gasteiger partial charge is 0.172 e. The monoisotopic (exact) mass is 195 g/mol. The molecule has 5 heteroatoms. The minimum atomic E-state index is 0.0271. The molecule has 2 rings (SSSR count). The molecule has 0 atom stereocenters. The number of aliphatic hydroxyl groups is 1. The minimum absolute atomic E-state index is 0.0271. The van der Waals surface area contributed by atoms with E-state index in [0.29, 0.717) is 18.2 Å². The number of carbonyl (C=O) groups is 1. The van der Waals surface area contributed by atoms with Crippen LogP contribution in [0.15, 0.2) is 0 Å². The fourth-order valence-electron chi connectivity index (χ4n) is 1.52. The molecule has 0 unspecified atom stereocenters. The van der Waals surface area contributed by atoms with Crippen LogP contribution in [0.5, 0.6) is 0 Å². The van der Waals surface area contributed by atoms with Crippen molar-refractivity contribution in [3.05, 3.63) is 11.4 Å². The Morgan fingerprint density at radius 3 is 2.93 bits per heavy atom. The van der Waals surface area contributed by atoms with Gasteiger partial charge in [-0.1, -0.05) is 5.21 Å². The highest BCUT2D eigenvalue weighted by Crippen LogP contribution is 2.32. The summed E-state index contributed by atoms with van der Waals surface area (Å²) in [6, 6.07) is 0. The van der Waals surface area contributed by atoms with Crippen LogP contribution in [0, 0.1) is 5.92 Å². The highest BCUT2D eigenvalue weighted by Gasteiger charge is 2.25. The Hall–Kier alpha value is -1.23. The van der Waals surface area contributed by atoms with Crippen LogP contribution >= 0.6 is 0 Å². The fraction of sp³-hybridized carbons (Fsp3) is 0.667. The number of hydrogen-bond donors (Lipinski definition) is 1. The molecular formula is C9H13N3O2. The summed E-state index contributed by atoms with van der Waals surface area (Å²) in [6.07, 6.45) is 4.05. The van der Waals surface area contributed by atoms with Gasteiger partial charge in [-0.05, 0) is 25.2 Å². The summed E-state index contributed by atoms with van der Waals surface area (Å²) in [7, 11) is 0. The molecule has 0 aromatic carbocycles. The van der Waals surface area contributed by atoms with Gasteiger partial charge in [0.05, 0.1) is 18.8 Å². The van der Waals surface area contributed by atoms with Crippen molar-refractivity contribution in [1.82, 2.24) is 15.0 Å². The van der Waals surface area contributed by atoms with Crippen molar-refractivity contribution < 1.29 is 9.90 Å². The Balaban J connectivity index is 2.19. The first-order valence-electron chi connectivity index (χ1n) is 4.83. The van der Waals surface area contributed by atoms with Crippen LogP contribution < -0.4 is 0 Å². The summed E-state index contributed by atoms with van der Waals surface area (Å²) in [6.45, 7) is 0.447. The second kappa shape index (κ2) is 3.88. The van der Waals surface area contributed by atoms with Gasteiger partial charge in [0.1, 0.15) is 5.69 Å². The molecule has 76 valence electrons. The number of aromatic nitrogens is 3. The van der Waals surface area contributed by atoms with Crippen molar-refractivity contribution in [3.8, 4) is 0 Å². The van der Waals surface area contributed by atoms with Crippen LogP contribution in [0.2, 0.25) is 0 Å². The number of nitrogens with zero attached hydrogens (tertiary/aromatic N) is 3. The normalized spacial score (nSPS) is 15.8. The van der Waals surface area contributed by atoms with Crippen LogP contribution in [0.1, 0.15) is 29.0 Å². The van der Waals surface area contributed by atoms with Crippen molar-refractivity contribution in [2.24, 2.45) is 5.92 Å². The SMILES string of the molecule is O=Cc1nnn(CCO)c1CC1CC1. The predicted octanol–water partition coefficient (Wildman–Crippen LogP) is 0.0354. The average molecular weight is 195 g/mol. The van der Waals surface area contributed by atoms with Gasteiger partial charge in [0.25, 0.3) is 0 Å². The van der Waals surface area contributed by atoms with Gasteiger partial charge >= 0.3 is 0 Å². The van der Waals surface area contributed by atoms with Crippen molar-refractivity contribution in [3.63, 3.8) is 0 Å². The fourth-order valence-corrected chi connectivity index (χ4v) is 1.52. The zero-order valence-corrected chi connectivity index (χ0v) is 7.89. The Labute approximate surface area is 81.7 Å². The summed E-state index contributed by atoms with van der Waals surface area (Å²) < 4.78 is 1.63. The third-order valence-electron chi connectivity index (χ3n) is 2.47. The zero-order valence-electron chi connectivity index (χ0n) is 7.89. The number of aldehydes is 1. The standard InChI is InChI=1S/C9H13N3O2/c13-4-3-12-9(5-7-1-2-7)8(6-14)10-11-12/h6-7,13H,1-5H2. The van der Waals surface area contributed by atoms with E-state index in [-0.39, 0.29) is 6.61 Å². The van der Waals surface area contributed by atoms with Gasteiger partial charge in [0, 0.05) is 0 Å². The summed E-state index contributed by atoms with van der Waals surface area (Å²) in [5.41, 5.74) is 1.29. The van der Waals surface area contributed by atoms with Crippen LogP contribution in [0.3, 0.4) is 0 Å². The first-order valence-corrected chi connectivity index (χ1v) is 4.83. The molecule has 1 heterocycles. The second-order valence-corrected chi connectivity index (χ2v) is 3.63. The predicted molar refractivity (Wildman–Crippen MR) is 48.9 cm³/mol. The molecule has 0 spiro atoms. The summed E-state index contributed by atoms with van der Waals surface area (Å²) >= 11 is 0. The van der Waals surface area contributed by atoms with Crippen LogP contribution in [-0.2, 0) is 13.0 Å². The van der Waals surface area contributed by atoms with Crippen LogP contribution in [0.25, 0.3) is 0 Å². The highest BCUT2D eigenvalue weighted by molar-refractivity contribution is 5.73. The van der Waals surface area contributed by atoms with Crippen molar-refractivity contribution in [2.75, 3.05) is 6.61 Å². The van der Waals surface area contributed by atoms with Gasteiger partial charge in [-0.2, -0.15) is 0 Å². The molecule has 1 aliphatic carbocycles. The molecule has 1 aromatic rings. The van der Waals surface area contributed by atoms with E-state index in [0.717, 1.165) is 18.4 Å². The minimum Gasteiger partial charge on any atom is -0.394 e. The van der Waals surface area contributed by atoms with Gasteiger partial charge in [-0.3, -0.25) is 4.79 Å². The molecule has 1 N–H and O–H groups in total. The second-order valence-electron chi connectivity index (χ2n) is 3.63. The van der Waals surface area contributed by atoms with Gasteiger partial charge in [-0.25, -0.2) is 4.68 Å². The third kappa shape index (κ3) is 1.82. The van der Waals surface area contributed by atoms with E-state index in [2.05, 4.69) is 10.3 Å². The molecular weight excluding hydrogens is 182 g/mol. The topological polar surface area (TPSA) is 68.0 Å². The summed E-state index contributed by atoms with van der Waals surface area (Å²) in [5.74, 6) is 0.685. The van der Waals surface area contributed by atoms with Crippen molar-refractivity contribution >= 4 is 6.29 Å². The summed E-state index contributed by atoms with van der Waals surface area (Å²) in [5, 5.41) is 16.4. The van der Waals surface area contributed by atoms with Gasteiger partial charge in [0.15, 0.2) is 6.29 Å².